The Hall–Kier alpha value is -2.50. The van der Waals surface area contributed by atoms with Gasteiger partial charge >= 0.3 is 0 Å². The Morgan fingerprint density at radius 1 is 1.10 bits per heavy atom. The Kier molecular flexibility index (Phi) is 3.17. The summed E-state index contributed by atoms with van der Waals surface area (Å²) in [7, 11) is 0. The van der Waals surface area contributed by atoms with Crippen molar-refractivity contribution in [2.24, 2.45) is 0 Å². The van der Waals surface area contributed by atoms with Gasteiger partial charge in [-0.25, -0.2) is 0 Å². The molecule has 1 fully saturated rings. The van der Waals surface area contributed by atoms with Gasteiger partial charge in [-0.15, -0.1) is 0 Å². The fourth-order valence-electron chi connectivity index (χ4n) is 2.41. The number of hydrogen-bond donors (Lipinski definition) is 1. The van der Waals surface area contributed by atoms with E-state index < -0.39 is 29.2 Å². The minimum atomic E-state index is -1.37. The van der Waals surface area contributed by atoms with Crippen molar-refractivity contribution in [3.63, 3.8) is 0 Å². The van der Waals surface area contributed by atoms with Gasteiger partial charge in [-0.05, 0) is 13.3 Å². The molecule has 0 radical (unpaired) electrons. The van der Waals surface area contributed by atoms with Gasteiger partial charge in [0.15, 0.2) is 0 Å². The molecule has 20 heavy (non-hydrogen) atoms. The van der Waals surface area contributed by atoms with Crippen LogP contribution in [0.1, 0.15) is 19.8 Å². The third-order valence-electron chi connectivity index (χ3n) is 3.64. The fourth-order valence-corrected chi connectivity index (χ4v) is 2.41. The predicted molar refractivity (Wildman–Crippen MR) is 70.1 cm³/mol. The number of amides is 4. The molecule has 1 N–H and O–H groups in total. The van der Waals surface area contributed by atoms with Gasteiger partial charge in [-0.2, -0.15) is 0 Å². The number of rotatable bonds is 3. The molecule has 1 unspecified atom stereocenters. The number of nitrogens with one attached hydrogen (secondary N) is 1. The molecule has 0 aromatic carbocycles. The third kappa shape index (κ3) is 1.72. The van der Waals surface area contributed by atoms with Gasteiger partial charge in [0.2, 0.25) is 5.91 Å². The lowest BCUT2D eigenvalue weighted by molar-refractivity contribution is -0.156. The molecule has 0 aromatic rings. The predicted octanol–water partition coefficient (Wildman–Crippen LogP) is 0.219. The molecule has 2 aliphatic rings. The molecule has 6 heteroatoms. The van der Waals surface area contributed by atoms with E-state index in [0.717, 1.165) is 4.90 Å². The Balaban J connectivity index is 2.45. The maximum Gasteiger partial charge on any atom is 0.262 e. The molecule has 1 atom stereocenters. The molecule has 0 aliphatic carbocycles. The second-order valence-corrected chi connectivity index (χ2v) is 4.83. The van der Waals surface area contributed by atoms with Gasteiger partial charge < -0.3 is 0 Å². The Morgan fingerprint density at radius 2 is 1.60 bits per heavy atom. The zero-order valence-corrected chi connectivity index (χ0v) is 11.1. The largest absolute Gasteiger partial charge is 0.294 e. The van der Waals surface area contributed by atoms with Crippen LogP contribution >= 0.6 is 0 Å². The van der Waals surface area contributed by atoms with Crippen LogP contribution < -0.4 is 5.32 Å². The lowest BCUT2D eigenvalue weighted by Gasteiger charge is -2.38. The van der Waals surface area contributed by atoms with Crippen molar-refractivity contribution in [2.45, 2.75) is 25.3 Å². The van der Waals surface area contributed by atoms with Crippen molar-refractivity contribution in [1.29, 1.82) is 0 Å². The first-order valence-corrected chi connectivity index (χ1v) is 6.09. The van der Waals surface area contributed by atoms with Crippen molar-refractivity contribution in [3.8, 4) is 0 Å². The lowest BCUT2D eigenvalue weighted by atomic mass is 9.89. The molecule has 2 rings (SSSR count). The Bertz CT molecular complexity index is 572. The molecule has 104 valence electrons. The van der Waals surface area contributed by atoms with Gasteiger partial charge in [0.25, 0.3) is 17.7 Å². The average Bonchev–Trinajstić information content (AvgIpc) is 2.65. The van der Waals surface area contributed by atoms with Crippen LogP contribution in [0.4, 0.5) is 0 Å². The van der Waals surface area contributed by atoms with Crippen LogP contribution in [-0.4, -0.2) is 34.1 Å². The van der Waals surface area contributed by atoms with E-state index in [4.69, 9.17) is 0 Å². The summed E-state index contributed by atoms with van der Waals surface area (Å²) in [5.41, 5.74) is -1.13. The van der Waals surface area contributed by atoms with Crippen molar-refractivity contribution < 1.29 is 19.2 Å². The van der Waals surface area contributed by atoms with Crippen LogP contribution in [-0.2, 0) is 19.2 Å². The number of imide groups is 2. The highest BCUT2D eigenvalue weighted by atomic mass is 16.2. The average molecular weight is 274 g/mol. The molecule has 0 spiro atoms. The Labute approximate surface area is 115 Å². The van der Waals surface area contributed by atoms with E-state index >= 15 is 0 Å². The fraction of sp³-hybridized carbons (Fsp3) is 0.286. The zero-order valence-electron chi connectivity index (χ0n) is 11.1. The maximum atomic E-state index is 12.3. The molecule has 2 aliphatic heterocycles. The van der Waals surface area contributed by atoms with Crippen LogP contribution in [0, 0.1) is 0 Å². The number of carbonyl (C=O) groups excluding carboxylic acids is 4. The first-order valence-electron chi connectivity index (χ1n) is 6.09. The number of carbonyl (C=O) groups is 4. The molecule has 4 amide bonds. The first-order chi connectivity index (χ1) is 9.36. The number of piperidine rings is 1. The van der Waals surface area contributed by atoms with E-state index in [0.29, 0.717) is 0 Å². The summed E-state index contributed by atoms with van der Waals surface area (Å²) in [5.74, 6) is -2.24. The highest BCUT2D eigenvalue weighted by molar-refractivity contribution is 6.24. The molecule has 2 heterocycles. The second-order valence-electron chi connectivity index (χ2n) is 4.83. The van der Waals surface area contributed by atoms with E-state index in [-0.39, 0.29) is 24.0 Å². The molecule has 1 saturated heterocycles. The lowest BCUT2D eigenvalue weighted by Crippen LogP contribution is -2.63. The zero-order chi connectivity index (χ0) is 15.1. The molecular formula is C14H14N2O4. The smallest absolute Gasteiger partial charge is 0.262 e. The quantitative estimate of drug-likeness (QED) is 0.746. The number of nitrogens with zero attached hydrogens (tertiary/aromatic N) is 1. The minimum Gasteiger partial charge on any atom is -0.294 e. The van der Waals surface area contributed by atoms with Crippen molar-refractivity contribution in [3.05, 3.63) is 36.5 Å². The Morgan fingerprint density at radius 3 is 2.00 bits per heavy atom. The molecule has 0 saturated carbocycles. The van der Waals surface area contributed by atoms with Crippen molar-refractivity contribution in [1.82, 2.24) is 10.2 Å². The van der Waals surface area contributed by atoms with Crippen LogP contribution in [0.25, 0.3) is 0 Å². The third-order valence-corrected chi connectivity index (χ3v) is 3.64. The van der Waals surface area contributed by atoms with Crippen LogP contribution in [0.5, 0.6) is 0 Å². The number of hydrogen-bond acceptors (Lipinski definition) is 4. The maximum absolute atomic E-state index is 12.3. The normalized spacial score (nSPS) is 26.9. The highest BCUT2D eigenvalue weighted by Crippen LogP contribution is 2.33. The van der Waals surface area contributed by atoms with Crippen LogP contribution in [0.2, 0.25) is 0 Å². The minimum absolute atomic E-state index is 0.0755. The summed E-state index contributed by atoms with van der Waals surface area (Å²) < 4.78 is 0. The van der Waals surface area contributed by atoms with Gasteiger partial charge in [0.1, 0.15) is 5.54 Å². The summed E-state index contributed by atoms with van der Waals surface area (Å²) >= 11 is 0. The highest BCUT2D eigenvalue weighted by Gasteiger charge is 2.52. The van der Waals surface area contributed by atoms with Crippen molar-refractivity contribution in [2.75, 3.05) is 0 Å². The molecule has 0 aromatic heterocycles. The van der Waals surface area contributed by atoms with Gasteiger partial charge in [-0.1, -0.05) is 25.3 Å². The van der Waals surface area contributed by atoms with Gasteiger partial charge in [0.05, 0.1) is 11.1 Å². The van der Waals surface area contributed by atoms with Gasteiger partial charge in [0, 0.05) is 6.42 Å². The second kappa shape index (κ2) is 4.56. The standard InChI is InChI=1S/C14H14N2O4/c1-4-8-9(5-2)12(19)16(11(8)18)14(3)7-6-10(17)15-13(14)20/h4-5H,1-2,6-7H2,3H3,(H,15,17,20). The molecule has 0 bridgehead atoms. The van der Waals surface area contributed by atoms with E-state index in [1.54, 1.807) is 0 Å². The van der Waals surface area contributed by atoms with E-state index in [2.05, 4.69) is 18.5 Å². The summed E-state index contributed by atoms with van der Waals surface area (Å²) in [6, 6.07) is 0. The van der Waals surface area contributed by atoms with Crippen molar-refractivity contribution >= 4 is 23.6 Å². The van der Waals surface area contributed by atoms with E-state index in [1.807, 2.05) is 0 Å². The van der Waals surface area contributed by atoms with E-state index in [1.165, 1.54) is 19.1 Å². The van der Waals surface area contributed by atoms with E-state index in [9.17, 15) is 19.2 Å². The topological polar surface area (TPSA) is 83.6 Å². The SMILES string of the molecule is C=CC1=C(C=C)C(=O)N(C2(C)CCC(=O)NC2=O)C1=O. The van der Waals surface area contributed by atoms with Crippen LogP contribution in [0.3, 0.4) is 0 Å². The first kappa shape index (κ1) is 13.9. The summed E-state index contributed by atoms with van der Waals surface area (Å²) in [6.07, 6.45) is 2.72. The summed E-state index contributed by atoms with van der Waals surface area (Å²) in [6.45, 7) is 8.47. The van der Waals surface area contributed by atoms with Gasteiger partial charge in [-0.3, -0.25) is 29.4 Å². The van der Waals surface area contributed by atoms with Crippen LogP contribution in [0.15, 0.2) is 36.5 Å². The monoisotopic (exact) mass is 274 g/mol. The molecule has 6 nitrogen and oxygen atoms in total. The molecular weight excluding hydrogens is 260 g/mol. The summed E-state index contributed by atoms with van der Waals surface area (Å²) in [4.78, 5) is 48.8. The summed E-state index contributed by atoms with van der Waals surface area (Å²) in [5, 5.41) is 2.16.